The lowest BCUT2D eigenvalue weighted by molar-refractivity contribution is 0.674. The van der Waals surface area contributed by atoms with Crippen molar-refractivity contribution >= 4 is 11.8 Å². The SMILES string of the molecule is CCC(C)Sc1ccc(C(N)CC)nc1. The first-order valence-corrected chi connectivity index (χ1v) is 6.43. The largest absolute Gasteiger partial charge is 0.323 e. The van der Waals surface area contributed by atoms with Crippen molar-refractivity contribution in [1.82, 2.24) is 4.98 Å². The molecule has 1 aromatic rings. The van der Waals surface area contributed by atoms with Gasteiger partial charge in [-0.05, 0) is 25.0 Å². The van der Waals surface area contributed by atoms with E-state index >= 15 is 0 Å². The van der Waals surface area contributed by atoms with Crippen LogP contribution in [0, 0.1) is 0 Å². The van der Waals surface area contributed by atoms with Crippen LogP contribution in [0.2, 0.25) is 0 Å². The quantitative estimate of drug-likeness (QED) is 0.779. The van der Waals surface area contributed by atoms with Crippen LogP contribution in [0.4, 0.5) is 0 Å². The number of nitrogens with two attached hydrogens (primary N) is 1. The highest BCUT2D eigenvalue weighted by molar-refractivity contribution is 7.99. The fourth-order valence-corrected chi connectivity index (χ4v) is 2.10. The van der Waals surface area contributed by atoms with E-state index in [1.165, 1.54) is 11.3 Å². The zero-order valence-corrected chi connectivity index (χ0v) is 10.6. The number of nitrogens with zero attached hydrogens (tertiary/aromatic N) is 1. The maximum Gasteiger partial charge on any atom is 0.0571 e. The highest BCUT2D eigenvalue weighted by atomic mass is 32.2. The van der Waals surface area contributed by atoms with Crippen molar-refractivity contribution in [3.63, 3.8) is 0 Å². The molecule has 0 amide bonds. The van der Waals surface area contributed by atoms with Gasteiger partial charge in [0.15, 0.2) is 0 Å². The molecule has 2 nitrogen and oxygen atoms in total. The Morgan fingerprint density at radius 2 is 2.07 bits per heavy atom. The van der Waals surface area contributed by atoms with Crippen LogP contribution in [-0.4, -0.2) is 10.2 Å². The van der Waals surface area contributed by atoms with E-state index in [-0.39, 0.29) is 6.04 Å². The zero-order chi connectivity index (χ0) is 11.3. The van der Waals surface area contributed by atoms with Gasteiger partial charge in [-0.25, -0.2) is 0 Å². The third-order valence-corrected chi connectivity index (χ3v) is 3.74. The molecule has 1 heterocycles. The third kappa shape index (κ3) is 3.84. The molecular weight excluding hydrogens is 204 g/mol. The summed E-state index contributed by atoms with van der Waals surface area (Å²) in [5.74, 6) is 0. The Balaban J connectivity index is 2.64. The molecule has 0 saturated heterocycles. The summed E-state index contributed by atoms with van der Waals surface area (Å²) in [6.07, 6.45) is 4.05. The molecule has 0 aliphatic heterocycles. The molecule has 3 heteroatoms. The van der Waals surface area contributed by atoms with E-state index < -0.39 is 0 Å². The van der Waals surface area contributed by atoms with Gasteiger partial charge in [-0.3, -0.25) is 4.98 Å². The summed E-state index contributed by atoms with van der Waals surface area (Å²) in [5.41, 5.74) is 6.89. The molecule has 0 aliphatic carbocycles. The maximum atomic E-state index is 5.90. The first-order chi connectivity index (χ1) is 7.17. The fourth-order valence-electron chi connectivity index (χ4n) is 1.21. The van der Waals surface area contributed by atoms with Gasteiger partial charge in [0.05, 0.1) is 5.69 Å². The highest BCUT2D eigenvalue weighted by Gasteiger charge is 2.06. The van der Waals surface area contributed by atoms with Gasteiger partial charge in [0.1, 0.15) is 0 Å². The number of thioether (sulfide) groups is 1. The van der Waals surface area contributed by atoms with Crippen molar-refractivity contribution in [3.8, 4) is 0 Å². The molecule has 0 saturated carbocycles. The van der Waals surface area contributed by atoms with Crippen LogP contribution in [0.5, 0.6) is 0 Å². The predicted molar refractivity (Wildman–Crippen MR) is 67.1 cm³/mol. The number of pyridine rings is 1. The van der Waals surface area contributed by atoms with Crippen molar-refractivity contribution in [1.29, 1.82) is 0 Å². The summed E-state index contributed by atoms with van der Waals surface area (Å²) in [7, 11) is 0. The zero-order valence-electron chi connectivity index (χ0n) is 9.73. The van der Waals surface area contributed by atoms with Gasteiger partial charge in [0, 0.05) is 22.4 Å². The first-order valence-electron chi connectivity index (χ1n) is 5.55. The lowest BCUT2D eigenvalue weighted by atomic mass is 10.1. The summed E-state index contributed by atoms with van der Waals surface area (Å²) < 4.78 is 0. The van der Waals surface area contributed by atoms with Crippen molar-refractivity contribution in [2.45, 2.75) is 49.8 Å². The molecule has 1 aromatic heterocycles. The van der Waals surface area contributed by atoms with E-state index in [9.17, 15) is 0 Å². The predicted octanol–water partition coefficient (Wildman–Crippen LogP) is 3.38. The van der Waals surface area contributed by atoms with Crippen molar-refractivity contribution in [2.24, 2.45) is 5.73 Å². The number of rotatable bonds is 5. The van der Waals surface area contributed by atoms with Gasteiger partial charge in [-0.2, -0.15) is 0 Å². The van der Waals surface area contributed by atoms with Crippen LogP contribution < -0.4 is 5.73 Å². The van der Waals surface area contributed by atoms with E-state index in [1.54, 1.807) is 0 Å². The molecule has 15 heavy (non-hydrogen) atoms. The molecule has 2 unspecified atom stereocenters. The number of hydrogen-bond acceptors (Lipinski definition) is 3. The molecule has 0 fully saturated rings. The molecule has 0 bridgehead atoms. The minimum atomic E-state index is 0.0765. The molecule has 0 aliphatic rings. The second-order valence-electron chi connectivity index (χ2n) is 3.77. The molecule has 84 valence electrons. The monoisotopic (exact) mass is 224 g/mol. The van der Waals surface area contributed by atoms with Crippen molar-refractivity contribution in [2.75, 3.05) is 0 Å². The Hall–Kier alpha value is -0.540. The average Bonchev–Trinajstić information content (AvgIpc) is 2.29. The van der Waals surface area contributed by atoms with E-state index in [1.807, 2.05) is 24.0 Å². The molecule has 0 aromatic carbocycles. The molecule has 0 radical (unpaired) electrons. The van der Waals surface area contributed by atoms with Crippen LogP contribution >= 0.6 is 11.8 Å². The van der Waals surface area contributed by atoms with E-state index in [0.717, 1.165) is 12.1 Å². The maximum absolute atomic E-state index is 5.90. The third-order valence-electron chi connectivity index (χ3n) is 2.49. The Morgan fingerprint density at radius 3 is 2.53 bits per heavy atom. The van der Waals surface area contributed by atoms with E-state index in [4.69, 9.17) is 5.73 Å². The minimum Gasteiger partial charge on any atom is -0.323 e. The van der Waals surface area contributed by atoms with Crippen LogP contribution in [0.25, 0.3) is 0 Å². The minimum absolute atomic E-state index is 0.0765. The van der Waals surface area contributed by atoms with Crippen molar-refractivity contribution < 1.29 is 0 Å². The van der Waals surface area contributed by atoms with Gasteiger partial charge < -0.3 is 5.73 Å². The van der Waals surface area contributed by atoms with Crippen LogP contribution in [0.1, 0.15) is 45.3 Å². The van der Waals surface area contributed by atoms with E-state index in [0.29, 0.717) is 5.25 Å². The molecule has 1 rings (SSSR count). The standard InChI is InChI=1S/C12H20N2S/c1-4-9(3)15-10-6-7-12(14-8-10)11(13)5-2/h6-9,11H,4-5,13H2,1-3H3. The smallest absolute Gasteiger partial charge is 0.0571 e. The summed E-state index contributed by atoms with van der Waals surface area (Å²) in [5, 5.41) is 0.650. The number of hydrogen-bond donors (Lipinski definition) is 1. The summed E-state index contributed by atoms with van der Waals surface area (Å²) in [6, 6.07) is 4.24. The normalized spacial score (nSPS) is 14.9. The van der Waals surface area contributed by atoms with Gasteiger partial charge >= 0.3 is 0 Å². The Bertz CT molecular complexity index is 284. The first kappa shape index (κ1) is 12.5. The van der Waals surface area contributed by atoms with Gasteiger partial charge in [-0.15, -0.1) is 11.8 Å². The topological polar surface area (TPSA) is 38.9 Å². The molecular formula is C12H20N2S. The summed E-state index contributed by atoms with van der Waals surface area (Å²) >= 11 is 1.87. The fraction of sp³-hybridized carbons (Fsp3) is 0.583. The highest BCUT2D eigenvalue weighted by Crippen LogP contribution is 2.25. The molecule has 2 N–H and O–H groups in total. The second kappa shape index (κ2) is 6.13. The van der Waals surface area contributed by atoms with Gasteiger partial charge in [0.2, 0.25) is 0 Å². The second-order valence-corrected chi connectivity index (χ2v) is 5.28. The lowest BCUT2D eigenvalue weighted by Crippen LogP contribution is -2.10. The average molecular weight is 224 g/mol. The molecule has 0 spiro atoms. The summed E-state index contributed by atoms with van der Waals surface area (Å²) in [4.78, 5) is 5.62. The van der Waals surface area contributed by atoms with Crippen LogP contribution in [-0.2, 0) is 0 Å². The Labute approximate surface area is 96.7 Å². The van der Waals surface area contributed by atoms with Crippen LogP contribution in [0.15, 0.2) is 23.2 Å². The Kier molecular flexibility index (Phi) is 5.12. The van der Waals surface area contributed by atoms with Gasteiger partial charge in [0.25, 0.3) is 0 Å². The van der Waals surface area contributed by atoms with Crippen molar-refractivity contribution in [3.05, 3.63) is 24.0 Å². The Morgan fingerprint density at radius 1 is 1.33 bits per heavy atom. The molecule has 2 atom stereocenters. The lowest BCUT2D eigenvalue weighted by Gasteiger charge is -2.10. The van der Waals surface area contributed by atoms with E-state index in [2.05, 4.69) is 31.8 Å². The number of aromatic nitrogens is 1. The van der Waals surface area contributed by atoms with Crippen LogP contribution in [0.3, 0.4) is 0 Å². The summed E-state index contributed by atoms with van der Waals surface area (Å²) in [6.45, 7) is 6.51. The van der Waals surface area contributed by atoms with Gasteiger partial charge in [-0.1, -0.05) is 20.8 Å².